The van der Waals surface area contributed by atoms with Gasteiger partial charge in [0.15, 0.2) is 0 Å². The number of carbonyl (C=O) groups is 1. The maximum Gasteiger partial charge on any atom is 0.231 e. The topological polar surface area (TPSA) is 25.2 Å². The molecular formula is C17H17ClN2O. The summed E-state index contributed by atoms with van der Waals surface area (Å²) in [6, 6.07) is 8.56. The number of nitrogens with zero attached hydrogens (tertiary/aromatic N) is 2. The predicted octanol–water partition coefficient (Wildman–Crippen LogP) is 3.03. The predicted molar refractivity (Wildman–Crippen MR) is 85.9 cm³/mol. The van der Waals surface area contributed by atoms with Gasteiger partial charge in [-0.2, -0.15) is 0 Å². The minimum absolute atomic E-state index is 0. The highest BCUT2D eigenvalue weighted by atomic mass is 35.5. The minimum Gasteiger partial charge on any atom is -0.283 e. The fourth-order valence-electron chi connectivity index (χ4n) is 3.79. The van der Waals surface area contributed by atoms with Crippen LogP contribution in [0.15, 0.2) is 24.3 Å². The van der Waals surface area contributed by atoms with E-state index in [0.29, 0.717) is 19.0 Å². The van der Waals surface area contributed by atoms with Crippen molar-refractivity contribution >= 4 is 29.2 Å². The van der Waals surface area contributed by atoms with Gasteiger partial charge < -0.3 is 0 Å². The molecule has 1 aromatic carbocycles. The van der Waals surface area contributed by atoms with Crippen molar-refractivity contribution < 1.29 is 4.79 Å². The highest BCUT2D eigenvalue weighted by molar-refractivity contribution is 5.97. The van der Waals surface area contributed by atoms with Gasteiger partial charge in [0, 0.05) is 24.0 Å². The van der Waals surface area contributed by atoms with E-state index in [0.717, 1.165) is 24.9 Å². The van der Waals surface area contributed by atoms with Gasteiger partial charge in [-0.3, -0.25) is 14.3 Å². The minimum atomic E-state index is 0. The summed E-state index contributed by atoms with van der Waals surface area (Å²) in [5.74, 6) is 2.98. The van der Waals surface area contributed by atoms with E-state index in [1.165, 1.54) is 16.6 Å². The second-order valence-corrected chi connectivity index (χ2v) is 5.59. The summed E-state index contributed by atoms with van der Waals surface area (Å²) in [4.78, 5) is 14.7. The molecule has 4 heteroatoms. The highest BCUT2D eigenvalue weighted by Gasteiger charge is 2.37. The SMILES string of the molecule is C#CCN1CCc2c3n(c4ccccc24)C(=O)CCC31.Cl. The molecule has 21 heavy (non-hydrogen) atoms. The zero-order chi connectivity index (χ0) is 13.7. The number of benzene rings is 1. The molecule has 0 aliphatic carbocycles. The number of halogens is 1. The van der Waals surface area contributed by atoms with Crippen molar-refractivity contribution in [2.45, 2.75) is 25.3 Å². The van der Waals surface area contributed by atoms with E-state index in [1.807, 2.05) is 10.6 Å². The second-order valence-electron chi connectivity index (χ2n) is 5.59. The summed E-state index contributed by atoms with van der Waals surface area (Å²) in [5, 5.41) is 1.24. The fourth-order valence-corrected chi connectivity index (χ4v) is 3.79. The Balaban J connectivity index is 0.00000132. The Morgan fingerprint density at radius 3 is 2.90 bits per heavy atom. The summed E-state index contributed by atoms with van der Waals surface area (Å²) in [6.45, 7) is 1.66. The van der Waals surface area contributed by atoms with Crippen LogP contribution in [0, 0.1) is 12.3 Å². The van der Waals surface area contributed by atoms with Crippen molar-refractivity contribution in [2.24, 2.45) is 0 Å². The molecule has 108 valence electrons. The lowest BCUT2D eigenvalue weighted by molar-refractivity contribution is 0.0824. The van der Waals surface area contributed by atoms with E-state index in [4.69, 9.17) is 6.42 Å². The molecule has 0 radical (unpaired) electrons. The summed E-state index contributed by atoms with van der Waals surface area (Å²) < 4.78 is 1.95. The molecule has 0 saturated carbocycles. The summed E-state index contributed by atoms with van der Waals surface area (Å²) in [6.07, 6.45) is 7.97. The van der Waals surface area contributed by atoms with Crippen molar-refractivity contribution in [1.82, 2.24) is 9.47 Å². The van der Waals surface area contributed by atoms with Crippen LogP contribution in [0.2, 0.25) is 0 Å². The Hall–Kier alpha value is -1.76. The van der Waals surface area contributed by atoms with Gasteiger partial charge in [0.25, 0.3) is 0 Å². The van der Waals surface area contributed by atoms with Crippen molar-refractivity contribution in [1.29, 1.82) is 0 Å². The Labute approximate surface area is 130 Å². The standard InChI is InChI=1S/C17H16N2O.ClH/c1-2-10-18-11-9-13-12-5-3-4-6-14(12)19-16(20)8-7-15(18)17(13)19;/h1,3-6,15H,7-11H2;1H. The first kappa shape index (κ1) is 14.2. The van der Waals surface area contributed by atoms with E-state index in [2.05, 4.69) is 29.0 Å². The van der Waals surface area contributed by atoms with Crippen LogP contribution >= 0.6 is 12.4 Å². The molecule has 0 fully saturated rings. The third-order valence-corrected chi connectivity index (χ3v) is 4.60. The first-order valence-corrected chi connectivity index (χ1v) is 7.14. The number of carbonyl (C=O) groups excluding carboxylic acids is 1. The van der Waals surface area contributed by atoms with Crippen LogP contribution in [0.25, 0.3) is 10.9 Å². The summed E-state index contributed by atoms with van der Waals surface area (Å²) in [7, 11) is 0. The Morgan fingerprint density at radius 2 is 2.10 bits per heavy atom. The Bertz CT molecular complexity index is 756. The quantitative estimate of drug-likeness (QED) is 0.756. The number of hydrogen-bond acceptors (Lipinski definition) is 2. The molecule has 2 aliphatic heterocycles. The van der Waals surface area contributed by atoms with Crippen molar-refractivity contribution in [2.75, 3.05) is 13.1 Å². The second kappa shape index (κ2) is 5.22. The number of para-hydroxylation sites is 1. The molecule has 2 aromatic rings. The lowest BCUT2D eigenvalue weighted by Gasteiger charge is -2.38. The van der Waals surface area contributed by atoms with Gasteiger partial charge in [0.05, 0.1) is 18.1 Å². The molecule has 1 atom stereocenters. The molecule has 4 rings (SSSR count). The van der Waals surface area contributed by atoms with Crippen LogP contribution in [0.1, 0.15) is 34.9 Å². The summed E-state index contributed by atoms with van der Waals surface area (Å²) in [5.41, 5.74) is 3.62. The van der Waals surface area contributed by atoms with Crippen molar-refractivity contribution in [3.63, 3.8) is 0 Å². The van der Waals surface area contributed by atoms with Crippen LogP contribution in [-0.2, 0) is 6.42 Å². The first-order valence-electron chi connectivity index (χ1n) is 7.14. The molecule has 0 amide bonds. The van der Waals surface area contributed by atoms with Crippen molar-refractivity contribution in [3.8, 4) is 12.3 Å². The number of fused-ring (bicyclic) bond motifs is 3. The molecular weight excluding hydrogens is 284 g/mol. The van der Waals surface area contributed by atoms with E-state index < -0.39 is 0 Å². The van der Waals surface area contributed by atoms with E-state index in [1.54, 1.807) is 0 Å². The number of terminal acetylenes is 1. The van der Waals surface area contributed by atoms with Gasteiger partial charge in [-0.25, -0.2) is 0 Å². The third-order valence-electron chi connectivity index (χ3n) is 4.60. The largest absolute Gasteiger partial charge is 0.283 e. The molecule has 0 spiro atoms. The Kier molecular flexibility index (Phi) is 3.52. The molecule has 3 nitrogen and oxygen atoms in total. The van der Waals surface area contributed by atoms with Gasteiger partial charge in [-0.15, -0.1) is 18.8 Å². The van der Waals surface area contributed by atoms with Gasteiger partial charge in [0.1, 0.15) is 0 Å². The molecule has 3 heterocycles. The lowest BCUT2D eigenvalue weighted by Crippen LogP contribution is -2.40. The zero-order valence-electron chi connectivity index (χ0n) is 11.7. The molecule has 0 bridgehead atoms. The number of rotatable bonds is 1. The lowest BCUT2D eigenvalue weighted by atomic mass is 9.92. The third kappa shape index (κ3) is 1.91. The van der Waals surface area contributed by atoms with Crippen molar-refractivity contribution in [3.05, 3.63) is 35.5 Å². The fraction of sp³-hybridized carbons (Fsp3) is 0.353. The normalized spacial score (nSPS) is 20.7. The van der Waals surface area contributed by atoms with Gasteiger partial charge in [-0.1, -0.05) is 24.1 Å². The first-order chi connectivity index (χ1) is 9.81. The molecule has 0 saturated heterocycles. The summed E-state index contributed by atoms with van der Waals surface area (Å²) >= 11 is 0. The van der Waals surface area contributed by atoms with Gasteiger partial charge >= 0.3 is 0 Å². The van der Waals surface area contributed by atoms with E-state index in [9.17, 15) is 4.79 Å². The number of hydrogen-bond donors (Lipinski definition) is 0. The smallest absolute Gasteiger partial charge is 0.231 e. The molecule has 1 aromatic heterocycles. The maximum absolute atomic E-state index is 12.4. The van der Waals surface area contributed by atoms with Crippen LogP contribution in [0.5, 0.6) is 0 Å². The van der Waals surface area contributed by atoms with E-state index in [-0.39, 0.29) is 18.3 Å². The van der Waals surface area contributed by atoms with E-state index >= 15 is 0 Å². The van der Waals surface area contributed by atoms with Crippen LogP contribution in [-0.4, -0.2) is 28.5 Å². The van der Waals surface area contributed by atoms with Gasteiger partial charge in [-0.05, 0) is 24.5 Å². The van der Waals surface area contributed by atoms with Crippen LogP contribution < -0.4 is 0 Å². The van der Waals surface area contributed by atoms with Crippen LogP contribution in [0.4, 0.5) is 0 Å². The molecule has 2 aliphatic rings. The monoisotopic (exact) mass is 300 g/mol. The van der Waals surface area contributed by atoms with Crippen LogP contribution in [0.3, 0.4) is 0 Å². The average Bonchev–Trinajstić information content (AvgIpc) is 2.81. The Morgan fingerprint density at radius 1 is 1.29 bits per heavy atom. The number of aromatic nitrogens is 1. The maximum atomic E-state index is 12.4. The highest BCUT2D eigenvalue weighted by Crippen LogP contribution is 2.41. The molecule has 0 N–H and O–H groups in total. The molecule has 1 unspecified atom stereocenters. The van der Waals surface area contributed by atoms with Gasteiger partial charge in [0.2, 0.25) is 5.91 Å². The zero-order valence-corrected chi connectivity index (χ0v) is 12.5. The average molecular weight is 301 g/mol.